The third-order valence-corrected chi connectivity index (χ3v) is 4.98. The van der Waals surface area contributed by atoms with Gasteiger partial charge in [-0.25, -0.2) is 13.1 Å². The van der Waals surface area contributed by atoms with Crippen molar-refractivity contribution in [2.24, 2.45) is 5.73 Å². The second-order valence-electron chi connectivity index (χ2n) is 3.97. The normalized spacial score (nSPS) is 13.2. The number of pyridine rings is 1. The molecule has 0 amide bonds. The summed E-state index contributed by atoms with van der Waals surface area (Å²) in [6, 6.07) is 1.78. The summed E-state index contributed by atoms with van der Waals surface area (Å²) in [5, 5.41) is -0.824. The lowest BCUT2D eigenvalue weighted by atomic mass is 10.2. The number of nitrogens with zero attached hydrogens (tertiary/aromatic N) is 1. The zero-order valence-electron chi connectivity index (χ0n) is 10.4. The van der Waals surface area contributed by atoms with E-state index >= 15 is 0 Å². The molecule has 0 aromatic carbocycles. The van der Waals surface area contributed by atoms with Crippen molar-refractivity contribution in [3.63, 3.8) is 0 Å². The standard InChI is InChI=1S/C11H17N3O2S2/c1-3-10(11(12)17)18(15,16)14-7-9-4-5-13-6-8(9)2/h4-6,10,14H,3,7H2,1-2H3,(H2,12,17). The molecule has 5 nitrogen and oxygen atoms in total. The molecular formula is C11H17N3O2S2. The maximum Gasteiger partial charge on any atom is 0.221 e. The van der Waals surface area contributed by atoms with Crippen LogP contribution in [-0.2, 0) is 16.6 Å². The Morgan fingerprint density at radius 2 is 2.28 bits per heavy atom. The number of nitrogens with two attached hydrogens (primary N) is 1. The summed E-state index contributed by atoms with van der Waals surface area (Å²) in [5.74, 6) is 0. The highest BCUT2D eigenvalue weighted by atomic mass is 32.2. The molecule has 0 radical (unpaired) electrons. The van der Waals surface area contributed by atoms with Crippen LogP contribution in [0, 0.1) is 6.92 Å². The number of thiocarbonyl (C=S) groups is 1. The van der Waals surface area contributed by atoms with Crippen molar-refractivity contribution in [3.8, 4) is 0 Å². The Kier molecular flexibility index (Phi) is 5.18. The molecule has 0 aliphatic carbocycles. The van der Waals surface area contributed by atoms with Crippen LogP contribution in [0.1, 0.15) is 24.5 Å². The lowest BCUT2D eigenvalue weighted by molar-refractivity contribution is 0.574. The van der Waals surface area contributed by atoms with E-state index in [9.17, 15) is 8.42 Å². The predicted octanol–water partition coefficient (Wildman–Crippen LogP) is 0.874. The molecule has 1 unspecified atom stereocenters. The summed E-state index contributed by atoms with van der Waals surface area (Å²) in [6.45, 7) is 3.83. The fourth-order valence-corrected chi connectivity index (χ4v) is 3.40. The molecule has 0 spiro atoms. The van der Waals surface area contributed by atoms with Crippen LogP contribution in [0.4, 0.5) is 0 Å². The van der Waals surface area contributed by atoms with Gasteiger partial charge in [0, 0.05) is 18.9 Å². The molecule has 0 bridgehead atoms. The van der Waals surface area contributed by atoms with Crippen LogP contribution in [0.15, 0.2) is 18.5 Å². The molecule has 0 saturated heterocycles. The number of hydrogen-bond donors (Lipinski definition) is 2. The minimum Gasteiger partial charge on any atom is -0.392 e. The topological polar surface area (TPSA) is 85.1 Å². The first-order valence-corrected chi connectivity index (χ1v) is 7.51. The second-order valence-corrected chi connectivity index (χ2v) is 6.39. The Balaban J connectivity index is 2.79. The number of aryl methyl sites for hydroxylation is 1. The molecule has 0 aliphatic rings. The first-order chi connectivity index (χ1) is 8.38. The van der Waals surface area contributed by atoms with Crippen LogP contribution in [-0.4, -0.2) is 23.6 Å². The van der Waals surface area contributed by atoms with Gasteiger partial charge in [-0.2, -0.15) is 0 Å². The molecular weight excluding hydrogens is 270 g/mol. The third-order valence-electron chi connectivity index (χ3n) is 2.66. The molecule has 7 heteroatoms. The van der Waals surface area contributed by atoms with Crippen LogP contribution >= 0.6 is 12.2 Å². The smallest absolute Gasteiger partial charge is 0.221 e. The Hall–Kier alpha value is -1.05. The first kappa shape index (κ1) is 15.0. The van der Waals surface area contributed by atoms with Gasteiger partial charge in [-0.1, -0.05) is 19.1 Å². The SMILES string of the molecule is CCC(C(N)=S)S(=O)(=O)NCc1ccncc1C. The van der Waals surface area contributed by atoms with E-state index in [4.69, 9.17) is 18.0 Å². The summed E-state index contributed by atoms with van der Waals surface area (Å²) in [7, 11) is -3.52. The molecule has 18 heavy (non-hydrogen) atoms. The van der Waals surface area contributed by atoms with E-state index < -0.39 is 15.3 Å². The van der Waals surface area contributed by atoms with Gasteiger partial charge in [0.25, 0.3) is 0 Å². The van der Waals surface area contributed by atoms with Gasteiger partial charge in [0.05, 0.1) is 4.99 Å². The fraction of sp³-hybridized carbons (Fsp3) is 0.455. The molecule has 1 aromatic heterocycles. The van der Waals surface area contributed by atoms with E-state index in [2.05, 4.69) is 9.71 Å². The maximum absolute atomic E-state index is 12.0. The highest BCUT2D eigenvalue weighted by Gasteiger charge is 2.25. The largest absolute Gasteiger partial charge is 0.392 e. The van der Waals surface area contributed by atoms with Gasteiger partial charge in [-0.05, 0) is 30.5 Å². The lowest BCUT2D eigenvalue weighted by Gasteiger charge is -2.15. The van der Waals surface area contributed by atoms with E-state index in [-0.39, 0.29) is 11.5 Å². The average molecular weight is 287 g/mol. The monoisotopic (exact) mass is 287 g/mol. The van der Waals surface area contributed by atoms with Crippen molar-refractivity contribution >= 4 is 27.2 Å². The Labute approximate surface area is 113 Å². The number of hydrogen-bond acceptors (Lipinski definition) is 4. The molecule has 1 atom stereocenters. The molecule has 1 rings (SSSR count). The Bertz CT molecular complexity index is 529. The number of nitrogens with one attached hydrogen (secondary N) is 1. The quantitative estimate of drug-likeness (QED) is 0.759. The van der Waals surface area contributed by atoms with Gasteiger partial charge < -0.3 is 5.73 Å². The summed E-state index contributed by atoms with van der Waals surface area (Å²) in [6.07, 6.45) is 3.68. The number of aromatic nitrogens is 1. The molecule has 1 heterocycles. The second kappa shape index (κ2) is 6.21. The minimum absolute atomic E-state index is 0.00329. The van der Waals surface area contributed by atoms with Crippen molar-refractivity contribution in [2.45, 2.75) is 32.1 Å². The van der Waals surface area contributed by atoms with Gasteiger partial charge in [0.1, 0.15) is 5.25 Å². The highest BCUT2D eigenvalue weighted by molar-refractivity contribution is 7.93. The summed E-state index contributed by atoms with van der Waals surface area (Å²) >= 11 is 4.77. The molecule has 1 aromatic rings. The van der Waals surface area contributed by atoms with E-state index in [0.717, 1.165) is 11.1 Å². The Morgan fingerprint density at radius 3 is 2.78 bits per heavy atom. The molecule has 100 valence electrons. The van der Waals surface area contributed by atoms with Crippen LogP contribution in [0.3, 0.4) is 0 Å². The zero-order chi connectivity index (χ0) is 13.8. The van der Waals surface area contributed by atoms with E-state index in [0.29, 0.717) is 6.42 Å². The van der Waals surface area contributed by atoms with Gasteiger partial charge in [-0.3, -0.25) is 4.98 Å². The molecule has 3 N–H and O–H groups in total. The average Bonchev–Trinajstić information content (AvgIpc) is 2.28. The van der Waals surface area contributed by atoms with Gasteiger partial charge in [0.15, 0.2) is 0 Å². The van der Waals surface area contributed by atoms with E-state index in [1.54, 1.807) is 25.4 Å². The molecule has 0 saturated carbocycles. The van der Waals surface area contributed by atoms with Crippen molar-refractivity contribution in [1.82, 2.24) is 9.71 Å². The van der Waals surface area contributed by atoms with Crippen molar-refractivity contribution in [3.05, 3.63) is 29.6 Å². The van der Waals surface area contributed by atoms with Crippen LogP contribution in [0.5, 0.6) is 0 Å². The summed E-state index contributed by atoms with van der Waals surface area (Å²) < 4.78 is 26.5. The van der Waals surface area contributed by atoms with Gasteiger partial charge >= 0.3 is 0 Å². The van der Waals surface area contributed by atoms with Gasteiger partial charge in [-0.15, -0.1) is 0 Å². The first-order valence-electron chi connectivity index (χ1n) is 5.55. The van der Waals surface area contributed by atoms with E-state index in [1.807, 2.05) is 6.92 Å². The van der Waals surface area contributed by atoms with Crippen LogP contribution in [0.2, 0.25) is 0 Å². The lowest BCUT2D eigenvalue weighted by Crippen LogP contribution is -2.41. The highest BCUT2D eigenvalue weighted by Crippen LogP contribution is 2.09. The fourth-order valence-electron chi connectivity index (χ4n) is 1.55. The number of sulfonamides is 1. The summed E-state index contributed by atoms with van der Waals surface area (Å²) in [4.78, 5) is 3.95. The third kappa shape index (κ3) is 3.72. The minimum atomic E-state index is -3.52. The Morgan fingerprint density at radius 1 is 1.61 bits per heavy atom. The van der Waals surface area contributed by atoms with Gasteiger partial charge in [0.2, 0.25) is 10.0 Å². The maximum atomic E-state index is 12.0. The van der Waals surface area contributed by atoms with Crippen molar-refractivity contribution < 1.29 is 8.42 Å². The van der Waals surface area contributed by atoms with E-state index in [1.165, 1.54) is 0 Å². The number of rotatable bonds is 6. The van der Waals surface area contributed by atoms with Crippen LogP contribution in [0.25, 0.3) is 0 Å². The van der Waals surface area contributed by atoms with Crippen molar-refractivity contribution in [2.75, 3.05) is 0 Å². The zero-order valence-corrected chi connectivity index (χ0v) is 12.0. The molecule has 0 fully saturated rings. The summed E-state index contributed by atoms with van der Waals surface area (Å²) in [5.41, 5.74) is 7.25. The molecule has 0 aliphatic heterocycles. The van der Waals surface area contributed by atoms with Crippen LogP contribution < -0.4 is 10.5 Å². The van der Waals surface area contributed by atoms with Crippen molar-refractivity contribution in [1.29, 1.82) is 0 Å². The predicted molar refractivity (Wildman–Crippen MR) is 75.6 cm³/mol.